The first-order valence-electron chi connectivity index (χ1n) is 10.9. The van der Waals surface area contributed by atoms with Crippen molar-refractivity contribution in [3.63, 3.8) is 0 Å². The summed E-state index contributed by atoms with van der Waals surface area (Å²) in [5, 5.41) is 20.3. The van der Waals surface area contributed by atoms with E-state index in [1.165, 1.54) is 12.3 Å². The molecular formula is C23H30ClFN6O2. The van der Waals surface area contributed by atoms with Crippen LogP contribution >= 0.6 is 11.6 Å². The number of aryl methyl sites for hydroxylation is 1. The normalized spacial score (nSPS) is 13.0. The molecule has 3 rings (SSSR count). The van der Waals surface area contributed by atoms with Gasteiger partial charge in [-0.05, 0) is 31.4 Å². The molecule has 3 N–H and O–H groups in total. The zero-order chi connectivity index (χ0) is 23.8. The molecule has 0 amide bonds. The van der Waals surface area contributed by atoms with Crippen molar-refractivity contribution in [2.24, 2.45) is 0 Å². The van der Waals surface area contributed by atoms with Crippen molar-refractivity contribution in [2.45, 2.75) is 51.8 Å². The molecule has 0 bridgehead atoms. The van der Waals surface area contributed by atoms with Gasteiger partial charge >= 0.3 is 0 Å². The van der Waals surface area contributed by atoms with Crippen molar-refractivity contribution in [3.05, 3.63) is 58.8 Å². The van der Waals surface area contributed by atoms with Gasteiger partial charge in [-0.2, -0.15) is 10.1 Å². The van der Waals surface area contributed by atoms with Gasteiger partial charge in [0.25, 0.3) is 0 Å². The van der Waals surface area contributed by atoms with Crippen LogP contribution in [0.15, 0.2) is 36.8 Å². The first-order valence-corrected chi connectivity index (χ1v) is 11.3. The number of hydrogen-bond acceptors (Lipinski definition) is 7. The van der Waals surface area contributed by atoms with Crippen LogP contribution in [0, 0.1) is 5.82 Å². The van der Waals surface area contributed by atoms with Gasteiger partial charge in [-0.15, -0.1) is 0 Å². The van der Waals surface area contributed by atoms with Gasteiger partial charge < -0.3 is 20.5 Å². The number of hydrogen-bond donors (Lipinski definition) is 3. The maximum absolute atomic E-state index is 14.9. The standard InChI is InChI=1S/C23H30ClFN6O2/c1-4-5-7-16-8-6-9-19(25)21(16)20(14-33-3)29-22-18(24)11-26-23(30-22)28-17-10-27-31(13-17)12-15(2)32/h6,8-11,13,15,20,32H,4-5,7,12,14H2,1-3H3,(H2,26,28,29,30). The van der Waals surface area contributed by atoms with Crippen LogP contribution in [-0.4, -0.2) is 44.7 Å². The van der Waals surface area contributed by atoms with Crippen LogP contribution in [0.3, 0.4) is 0 Å². The number of nitrogens with zero attached hydrogens (tertiary/aromatic N) is 4. The van der Waals surface area contributed by atoms with E-state index < -0.39 is 12.1 Å². The molecule has 0 radical (unpaired) electrons. The summed E-state index contributed by atoms with van der Waals surface area (Å²) < 4.78 is 21.9. The lowest BCUT2D eigenvalue weighted by Gasteiger charge is -2.23. The molecule has 0 spiro atoms. The predicted octanol–water partition coefficient (Wildman–Crippen LogP) is 4.73. The molecule has 2 heterocycles. The Labute approximate surface area is 198 Å². The molecule has 1 aromatic carbocycles. The van der Waals surface area contributed by atoms with E-state index in [1.54, 1.807) is 37.2 Å². The summed E-state index contributed by atoms with van der Waals surface area (Å²) in [5.74, 6) is 0.360. The average Bonchev–Trinajstić information content (AvgIpc) is 3.20. The third-order valence-electron chi connectivity index (χ3n) is 5.02. The van der Waals surface area contributed by atoms with Crippen LogP contribution in [0.25, 0.3) is 0 Å². The van der Waals surface area contributed by atoms with Crippen LogP contribution in [0.1, 0.15) is 43.9 Å². The van der Waals surface area contributed by atoms with Crippen molar-refractivity contribution in [1.82, 2.24) is 19.7 Å². The van der Waals surface area contributed by atoms with Crippen molar-refractivity contribution >= 4 is 29.1 Å². The highest BCUT2D eigenvalue weighted by molar-refractivity contribution is 6.32. The fourth-order valence-corrected chi connectivity index (χ4v) is 3.69. The van der Waals surface area contributed by atoms with E-state index in [-0.39, 0.29) is 12.4 Å². The van der Waals surface area contributed by atoms with E-state index in [2.05, 4.69) is 32.6 Å². The Hall–Kier alpha value is -2.75. The Morgan fingerprint density at radius 1 is 1.30 bits per heavy atom. The number of nitrogens with one attached hydrogen (secondary N) is 2. The van der Waals surface area contributed by atoms with Gasteiger partial charge in [-0.1, -0.05) is 37.1 Å². The number of ether oxygens (including phenoxy) is 1. The summed E-state index contributed by atoms with van der Waals surface area (Å²) in [6.45, 7) is 4.40. The Kier molecular flexibility index (Phi) is 8.99. The zero-order valence-electron chi connectivity index (χ0n) is 19.1. The van der Waals surface area contributed by atoms with Gasteiger partial charge in [0, 0.05) is 18.9 Å². The SMILES string of the molecule is CCCCc1cccc(F)c1C(COC)Nc1nc(Nc2cnn(CC(C)O)c2)ncc1Cl. The minimum atomic E-state index is -0.515. The number of aliphatic hydroxyl groups excluding tert-OH is 1. The molecule has 0 aliphatic rings. The quantitative estimate of drug-likeness (QED) is 0.347. The van der Waals surface area contributed by atoms with E-state index in [9.17, 15) is 9.50 Å². The third kappa shape index (κ3) is 6.86. The molecule has 10 heteroatoms. The second-order valence-corrected chi connectivity index (χ2v) is 8.29. The Balaban J connectivity index is 1.84. The molecule has 2 unspecified atom stereocenters. The summed E-state index contributed by atoms with van der Waals surface area (Å²) in [6.07, 6.45) is 7.05. The molecule has 0 saturated carbocycles. The largest absolute Gasteiger partial charge is 0.391 e. The summed E-state index contributed by atoms with van der Waals surface area (Å²) in [6, 6.07) is 4.63. The van der Waals surface area contributed by atoms with Gasteiger partial charge in [0.05, 0.1) is 43.4 Å². The first kappa shape index (κ1) is 24.9. The van der Waals surface area contributed by atoms with Crippen LogP contribution in [-0.2, 0) is 17.7 Å². The van der Waals surface area contributed by atoms with Crippen molar-refractivity contribution in [3.8, 4) is 0 Å². The number of aliphatic hydroxyl groups is 1. The number of rotatable bonds is 12. The summed E-state index contributed by atoms with van der Waals surface area (Å²) >= 11 is 6.36. The highest BCUT2D eigenvalue weighted by Gasteiger charge is 2.21. The molecule has 33 heavy (non-hydrogen) atoms. The monoisotopic (exact) mass is 476 g/mol. The van der Waals surface area contributed by atoms with Gasteiger partial charge in [-0.25, -0.2) is 9.37 Å². The maximum atomic E-state index is 14.9. The summed E-state index contributed by atoms with van der Waals surface area (Å²) in [4.78, 5) is 8.70. The van der Waals surface area contributed by atoms with Gasteiger partial charge in [0.15, 0.2) is 5.82 Å². The van der Waals surface area contributed by atoms with Crippen LogP contribution in [0.5, 0.6) is 0 Å². The second kappa shape index (κ2) is 11.9. The maximum Gasteiger partial charge on any atom is 0.229 e. The fourth-order valence-electron chi connectivity index (χ4n) is 3.54. The van der Waals surface area contributed by atoms with E-state index in [1.807, 2.05) is 6.07 Å². The number of methoxy groups -OCH3 is 1. The number of halogens is 2. The van der Waals surface area contributed by atoms with Crippen molar-refractivity contribution in [1.29, 1.82) is 0 Å². The predicted molar refractivity (Wildman–Crippen MR) is 127 cm³/mol. The van der Waals surface area contributed by atoms with Crippen LogP contribution in [0.4, 0.5) is 21.8 Å². The lowest BCUT2D eigenvalue weighted by molar-refractivity contribution is 0.168. The van der Waals surface area contributed by atoms with Gasteiger partial charge in [-0.3, -0.25) is 4.68 Å². The van der Waals surface area contributed by atoms with Crippen LogP contribution < -0.4 is 10.6 Å². The van der Waals surface area contributed by atoms with Gasteiger partial charge in [0.1, 0.15) is 10.8 Å². The zero-order valence-corrected chi connectivity index (χ0v) is 19.8. The number of aromatic nitrogens is 4. The second-order valence-electron chi connectivity index (χ2n) is 7.88. The molecular weight excluding hydrogens is 447 g/mol. The molecule has 0 saturated heterocycles. The van der Waals surface area contributed by atoms with Crippen molar-refractivity contribution in [2.75, 3.05) is 24.4 Å². The Morgan fingerprint density at radius 3 is 2.85 bits per heavy atom. The molecule has 178 valence electrons. The minimum Gasteiger partial charge on any atom is -0.391 e. The lowest BCUT2D eigenvalue weighted by Crippen LogP contribution is -2.21. The molecule has 2 aromatic heterocycles. The first-order chi connectivity index (χ1) is 15.9. The summed E-state index contributed by atoms with van der Waals surface area (Å²) in [5.41, 5.74) is 2.14. The third-order valence-corrected chi connectivity index (χ3v) is 5.30. The van der Waals surface area contributed by atoms with E-state index >= 15 is 0 Å². The molecule has 0 aliphatic carbocycles. The van der Waals surface area contributed by atoms with E-state index in [0.29, 0.717) is 34.6 Å². The lowest BCUT2D eigenvalue weighted by atomic mass is 9.96. The Bertz CT molecular complexity index is 1050. The van der Waals surface area contributed by atoms with Crippen LogP contribution in [0.2, 0.25) is 5.02 Å². The average molecular weight is 477 g/mol. The summed E-state index contributed by atoms with van der Waals surface area (Å²) in [7, 11) is 1.57. The fraction of sp³-hybridized carbons (Fsp3) is 0.435. The smallest absolute Gasteiger partial charge is 0.229 e. The topological polar surface area (TPSA) is 97.1 Å². The molecule has 2 atom stereocenters. The molecule has 0 fully saturated rings. The number of benzene rings is 1. The van der Waals surface area contributed by atoms with Crippen molar-refractivity contribution < 1.29 is 14.2 Å². The minimum absolute atomic E-state index is 0.231. The van der Waals surface area contributed by atoms with E-state index in [0.717, 1.165) is 24.8 Å². The number of anilines is 3. The highest BCUT2D eigenvalue weighted by Crippen LogP contribution is 2.30. The molecule has 3 aromatic rings. The molecule has 8 nitrogen and oxygen atoms in total. The number of unbranched alkanes of at least 4 members (excludes halogenated alkanes) is 1. The Morgan fingerprint density at radius 2 is 2.12 bits per heavy atom. The molecule has 0 aliphatic heterocycles. The highest BCUT2D eigenvalue weighted by atomic mass is 35.5. The van der Waals surface area contributed by atoms with Gasteiger partial charge in [0.2, 0.25) is 5.95 Å². The van der Waals surface area contributed by atoms with E-state index in [4.69, 9.17) is 16.3 Å².